The predicted molar refractivity (Wildman–Crippen MR) is 74.0 cm³/mol. The van der Waals surface area contributed by atoms with Crippen molar-refractivity contribution >= 4 is 0 Å². The van der Waals surface area contributed by atoms with Crippen molar-refractivity contribution in [1.82, 2.24) is 9.55 Å². The van der Waals surface area contributed by atoms with Crippen molar-refractivity contribution in [3.05, 3.63) is 51.9 Å². The summed E-state index contributed by atoms with van der Waals surface area (Å²) < 4.78 is 40.3. The molecule has 0 saturated heterocycles. The van der Waals surface area contributed by atoms with Crippen molar-refractivity contribution in [2.45, 2.75) is 33.0 Å². The molecule has 0 amide bonds. The number of nitrogens with zero attached hydrogens (tertiary/aromatic N) is 2. The van der Waals surface area contributed by atoms with Gasteiger partial charge >= 0.3 is 6.18 Å². The van der Waals surface area contributed by atoms with E-state index in [9.17, 15) is 18.0 Å². The van der Waals surface area contributed by atoms with Crippen molar-refractivity contribution in [3.63, 3.8) is 0 Å². The zero-order valence-electron chi connectivity index (χ0n) is 11.7. The molecule has 1 heterocycles. The largest absolute Gasteiger partial charge is 0.423 e. The number of benzene rings is 1. The van der Waals surface area contributed by atoms with Crippen LogP contribution >= 0.6 is 0 Å². The average Bonchev–Trinajstić information content (AvgIpc) is 2.45. The van der Waals surface area contributed by atoms with Crippen molar-refractivity contribution < 1.29 is 13.2 Å². The molecule has 0 unspecified atom stereocenters. The third-order valence-corrected chi connectivity index (χ3v) is 3.21. The lowest BCUT2D eigenvalue weighted by molar-refractivity contribution is -0.139. The molecular formula is C15H15F3N2O. The topological polar surface area (TPSA) is 34.9 Å². The van der Waals surface area contributed by atoms with Crippen molar-refractivity contribution in [1.29, 1.82) is 0 Å². The lowest BCUT2D eigenvalue weighted by Crippen LogP contribution is -2.32. The maximum atomic E-state index is 13.1. The smallest absolute Gasteiger partial charge is 0.292 e. The highest BCUT2D eigenvalue weighted by Gasteiger charge is 2.38. The second-order valence-electron chi connectivity index (χ2n) is 4.52. The van der Waals surface area contributed by atoms with E-state index in [1.807, 2.05) is 0 Å². The van der Waals surface area contributed by atoms with Crippen molar-refractivity contribution in [2.75, 3.05) is 0 Å². The molecule has 0 radical (unpaired) electrons. The lowest BCUT2D eigenvalue weighted by atomic mass is 10.1. The first-order valence-electron chi connectivity index (χ1n) is 6.66. The molecule has 0 atom stereocenters. The van der Waals surface area contributed by atoms with Gasteiger partial charge < -0.3 is 0 Å². The van der Waals surface area contributed by atoms with Crippen LogP contribution in [0.5, 0.6) is 0 Å². The second-order valence-corrected chi connectivity index (χ2v) is 4.52. The number of hydrogen-bond donors (Lipinski definition) is 0. The van der Waals surface area contributed by atoms with E-state index in [0.29, 0.717) is 5.56 Å². The molecule has 0 N–H and O–H groups in total. The van der Waals surface area contributed by atoms with Crippen LogP contribution in [0.25, 0.3) is 11.4 Å². The molecule has 0 aliphatic carbocycles. The molecule has 0 fully saturated rings. The summed E-state index contributed by atoms with van der Waals surface area (Å²) in [6.07, 6.45) is -4.64. The molecule has 21 heavy (non-hydrogen) atoms. The summed E-state index contributed by atoms with van der Waals surface area (Å²) in [6, 6.07) is 8.75. The average molecular weight is 296 g/mol. The predicted octanol–water partition coefficient (Wildman–Crippen LogP) is 3.51. The number of alkyl halides is 3. The van der Waals surface area contributed by atoms with Crippen LogP contribution in [0.1, 0.15) is 25.1 Å². The molecule has 2 rings (SSSR count). The Hall–Kier alpha value is -2.11. The molecular weight excluding hydrogens is 281 g/mol. The molecule has 0 saturated carbocycles. The van der Waals surface area contributed by atoms with Gasteiger partial charge in [0.05, 0.1) is 5.69 Å². The van der Waals surface area contributed by atoms with E-state index in [1.165, 1.54) is 0 Å². The van der Waals surface area contributed by atoms with Crippen LogP contribution in [0, 0.1) is 0 Å². The van der Waals surface area contributed by atoms with E-state index in [4.69, 9.17) is 0 Å². The highest BCUT2D eigenvalue weighted by Crippen LogP contribution is 2.30. The monoisotopic (exact) mass is 296 g/mol. The number of halogens is 3. The molecule has 0 bridgehead atoms. The van der Waals surface area contributed by atoms with Crippen molar-refractivity contribution in [2.24, 2.45) is 0 Å². The number of aryl methyl sites for hydroxylation is 1. The first kappa shape index (κ1) is 15.3. The number of rotatable bonds is 3. The Morgan fingerprint density at radius 2 is 1.76 bits per heavy atom. The van der Waals surface area contributed by atoms with Crippen LogP contribution < -0.4 is 5.56 Å². The molecule has 0 aliphatic heterocycles. The zero-order valence-corrected chi connectivity index (χ0v) is 11.7. The molecule has 2 aromatic rings. The van der Waals surface area contributed by atoms with Crippen LogP contribution in [0.15, 0.2) is 35.1 Å². The standard InChI is InChI=1S/C15H15F3N2O/c1-3-11-12(15(16,17)18)14(21)20(4-2)13(19-11)10-8-6-5-7-9-10/h5-9H,3-4H2,1-2H3. The fourth-order valence-electron chi connectivity index (χ4n) is 2.24. The maximum absolute atomic E-state index is 13.1. The Balaban J connectivity index is 2.81. The van der Waals surface area contributed by atoms with Gasteiger partial charge in [-0.25, -0.2) is 4.98 Å². The Kier molecular flexibility index (Phi) is 4.16. The first-order chi connectivity index (χ1) is 9.90. The third-order valence-electron chi connectivity index (χ3n) is 3.21. The normalized spacial score (nSPS) is 11.7. The lowest BCUT2D eigenvalue weighted by Gasteiger charge is -2.17. The quantitative estimate of drug-likeness (QED) is 0.868. The van der Waals surface area contributed by atoms with Gasteiger partial charge in [-0.1, -0.05) is 37.3 Å². The Labute approximate surface area is 120 Å². The van der Waals surface area contributed by atoms with Crippen LogP contribution in [-0.2, 0) is 19.1 Å². The Morgan fingerprint density at radius 1 is 1.14 bits per heavy atom. The van der Waals surface area contributed by atoms with Gasteiger partial charge in [-0.05, 0) is 13.3 Å². The first-order valence-corrected chi connectivity index (χ1v) is 6.66. The van der Waals surface area contributed by atoms with E-state index in [0.717, 1.165) is 4.57 Å². The van der Waals surface area contributed by atoms with E-state index in [1.54, 1.807) is 44.2 Å². The summed E-state index contributed by atoms with van der Waals surface area (Å²) in [5, 5.41) is 0. The number of hydrogen-bond acceptors (Lipinski definition) is 2. The molecule has 1 aromatic heterocycles. The van der Waals surface area contributed by atoms with Gasteiger partial charge in [0, 0.05) is 12.1 Å². The summed E-state index contributed by atoms with van der Waals surface area (Å²) in [6.45, 7) is 3.31. The van der Waals surface area contributed by atoms with Crippen LogP contribution in [0.3, 0.4) is 0 Å². The van der Waals surface area contributed by atoms with E-state index >= 15 is 0 Å². The fourth-order valence-corrected chi connectivity index (χ4v) is 2.24. The summed E-state index contributed by atoms with van der Waals surface area (Å²) in [4.78, 5) is 16.3. The molecule has 1 aromatic carbocycles. The SMILES string of the molecule is CCc1nc(-c2ccccc2)n(CC)c(=O)c1C(F)(F)F. The maximum Gasteiger partial charge on any atom is 0.423 e. The minimum absolute atomic E-state index is 0.0501. The van der Waals surface area contributed by atoms with E-state index < -0.39 is 17.3 Å². The number of aromatic nitrogens is 2. The summed E-state index contributed by atoms with van der Waals surface area (Å²) >= 11 is 0. The second kappa shape index (κ2) is 5.71. The van der Waals surface area contributed by atoms with Crippen LogP contribution in [0.4, 0.5) is 13.2 Å². The van der Waals surface area contributed by atoms with Gasteiger partial charge in [-0.15, -0.1) is 0 Å². The summed E-state index contributed by atoms with van der Waals surface area (Å²) in [7, 11) is 0. The van der Waals surface area contributed by atoms with Gasteiger partial charge in [0.1, 0.15) is 11.4 Å². The van der Waals surface area contributed by atoms with Gasteiger partial charge in [0.25, 0.3) is 5.56 Å². The molecule has 0 spiro atoms. The minimum Gasteiger partial charge on any atom is -0.292 e. The van der Waals surface area contributed by atoms with Crippen molar-refractivity contribution in [3.8, 4) is 11.4 Å². The third kappa shape index (κ3) is 2.84. The summed E-state index contributed by atoms with van der Waals surface area (Å²) in [5.74, 6) is 0.271. The molecule has 3 nitrogen and oxygen atoms in total. The van der Waals surface area contributed by atoms with Crippen LogP contribution in [-0.4, -0.2) is 9.55 Å². The molecule has 0 aliphatic rings. The minimum atomic E-state index is -4.69. The Morgan fingerprint density at radius 3 is 2.24 bits per heavy atom. The highest BCUT2D eigenvalue weighted by molar-refractivity contribution is 5.55. The van der Waals surface area contributed by atoms with E-state index in [2.05, 4.69) is 4.98 Å². The summed E-state index contributed by atoms with van der Waals surface area (Å²) in [5.41, 5.74) is -1.78. The Bertz CT molecular complexity index is 691. The van der Waals surface area contributed by atoms with Gasteiger partial charge in [-0.3, -0.25) is 9.36 Å². The molecule has 6 heteroatoms. The molecule has 112 valence electrons. The van der Waals surface area contributed by atoms with Crippen LogP contribution in [0.2, 0.25) is 0 Å². The highest BCUT2D eigenvalue weighted by atomic mass is 19.4. The fraction of sp³-hybridized carbons (Fsp3) is 0.333. The van der Waals surface area contributed by atoms with Gasteiger partial charge in [0.15, 0.2) is 0 Å². The zero-order chi connectivity index (χ0) is 15.6. The van der Waals surface area contributed by atoms with Gasteiger partial charge in [-0.2, -0.15) is 13.2 Å². The van der Waals surface area contributed by atoms with Gasteiger partial charge in [0.2, 0.25) is 0 Å². The van der Waals surface area contributed by atoms with E-state index in [-0.39, 0.29) is 24.5 Å².